The highest BCUT2D eigenvalue weighted by atomic mass is 19.1. The van der Waals surface area contributed by atoms with Crippen LogP contribution in [-0.4, -0.2) is 59.1 Å². The number of hydrogen-bond donors (Lipinski definition) is 1. The molecule has 1 aliphatic heterocycles. The Hall–Kier alpha value is -2.15. The molecule has 2 unspecified atom stereocenters. The molecule has 1 fully saturated rings. The number of carbonyl (C=O) groups excluding carboxylic acids is 2. The van der Waals surface area contributed by atoms with E-state index in [1.54, 1.807) is 23.1 Å². The van der Waals surface area contributed by atoms with Gasteiger partial charge in [0, 0.05) is 19.1 Å². The van der Waals surface area contributed by atoms with Gasteiger partial charge in [0.1, 0.15) is 11.4 Å². The van der Waals surface area contributed by atoms with Gasteiger partial charge in [-0.25, -0.2) is 9.18 Å². The van der Waals surface area contributed by atoms with Gasteiger partial charge in [-0.3, -0.25) is 9.69 Å². The molecule has 1 saturated heterocycles. The quantitative estimate of drug-likeness (QED) is 0.734. The molecule has 0 spiro atoms. The zero-order valence-corrected chi connectivity index (χ0v) is 19.1. The number of hydrogen-bond acceptors (Lipinski definition) is 4. The lowest BCUT2D eigenvalue weighted by Gasteiger charge is -2.39. The van der Waals surface area contributed by atoms with Gasteiger partial charge in [-0.1, -0.05) is 12.1 Å². The molecule has 0 aromatic heterocycles. The van der Waals surface area contributed by atoms with Gasteiger partial charge >= 0.3 is 6.09 Å². The number of nitrogens with zero attached hydrogens (tertiary/aromatic N) is 2. The Morgan fingerprint density at radius 1 is 1.27 bits per heavy atom. The van der Waals surface area contributed by atoms with Gasteiger partial charge in [0.2, 0.25) is 5.91 Å². The van der Waals surface area contributed by atoms with Crippen molar-refractivity contribution in [1.82, 2.24) is 9.80 Å². The lowest BCUT2D eigenvalue weighted by molar-refractivity contribution is -0.121. The Balaban J connectivity index is 1.98. The summed E-state index contributed by atoms with van der Waals surface area (Å²) in [6, 6.07) is 5.81. The number of anilines is 1. The van der Waals surface area contributed by atoms with Crippen molar-refractivity contribution in [2.45, 2.75) is 72.1 Å². The fourth-order valence-electron chi connectivity index (χ4n) is 3.66. The van der Waals surface area contributed by atoms with Crippen molar-refractivity contribution in [3.05, 3.63) is 30.1 Å². The third-order valence-corrected chi connectivity index (χ3v) is 5.32. The van der Waals surface area contributed by atoms with Crippen molar-refractivity contribution in [3.8, 4) is 0 Å². The first-order valence-corrected chi connectivity index (χ1v) is 10.8. The van der Waals surface area contributed by atoms with Crippen LogP contribution in [0.25, 0.3) is 0 Å². The molecular weight excluding hydrogens is 385 g/mol. The van der Waals surface area contributed by atoms with Crippen LogP contribution in [0.1, 0.15) is 54.4 Å². The number of benzene rings is 1. The smallest absolute Gasteiger partial charge is 0.410 e. The summed E-state index contributed by atoms with van der Waals surface area (Å²) in [6.45, 7) is 13.5. The number of carbonyl (C=O) groups is 2. The van der Waals surface area contributed by atoms with E-state index in [-0.39, 0.29) is 35.7 Å². The van der Waals surface area contributed by atoms with E-state index in [1.807, 2.05) is 41.5 Å². The Morgan fingerprint density at radius 2 is 1.93 bits per heavy atom. The summed E-state index contributed by atoms with van der Waals surface area (Å²) in [6.07, 6.45) is 1.63. The molecule has 2 atom stereocenters. The van der Waals surface area contributed by atoms with Crippen LogP contribution in [0.3, 0.4) is 0 Å². The van der Waals surface area contributed by atoms with Gasteiger partial charge in [0.25, 0.3) is 0 Å². The number of para-hydroxylation sites is 1. The summed E-state index contributed by atoms with van der Waals surface area (Å²) in [4.78, 5) is 29.2. The van der Waals surface area contributed by atoms with Crippen LogP contribution in [0, 0.1) is 11.7 Å². The fourth-order valence-corrected chi connectivity index (χ4v) is 3.66. The highest BCUT2D eigenvalue weighted by molar-refractivity contribution is 5.94. The van der Waals surface area contributed by atoms with Crippen LogP contribution < -0.4 is 5.32 Å². The second-order valence-corrected chi connectivity index (χ2v) is 9.37. The van der Waals surface area contributed by atoms with E-state index in [4.69, 9.17) is 4.74 Å². The number of amides is 2. The van der Waals surface area contributed by atoms with Crippen LogP contribution in [0.15, 0.2) is 24.3 Å². The molecule has 1 N–H and O–H groups in total. The number of nitrogens with one attached hydrogen (secondary N) is 1. The molecule has 0 radical (unpaired) electrons. The van der Waals surface area contributed by atoms with Gasteiger partial charge < -0.3 is 15.0 Å². The number of piperidine rings is 1. The van der Waals surface area contributed by atoms with Crippen molar-refractivity contribution >= 4 is 17.7 Å². The maximum absolute atomic E-state index is 13.9. The molecule has 1 aromatic carbocycles. The SMILES string of the molecule is CC(C(=O)Nc1ccccc1F)N1CCCC(CN(C(=O)OC(C)(C)C)C(C)C)C1. The van der Waals surface area contributed by atoms with Crippen molar-refractivity contribution in [3.63, 3.8) is 0 Å². The number of rotatable bonds is 6. The first-order valence-electron chi connectivity index (χ1n) is 10.8. The van der Waals surface area contributed by atoms with Crippen LogP contribution in [0.4, 0.5) is 14.9 Å². The normalized spacial score (nSPS) is 18.7. The number of ether oxygens (including phenoxy) is 1. The molecule has 0 bridgehead atoms. The van der Waals surface area contributed by atoms with Gasteiger partial charge in [-0.2, -0.15) is 0 Å². The third-order valence-electron chi connectivity index (χ3n) is 5.32. The predicted octanol–water partition coefficient (Wildman–Crippen LogP) is 4.51. The lowest BCUT2D eigenvalue weighted by atomic mass is 9.95. The van der Waals surface area contributed by atoms with Crippen LogP contribution in [0.5, 0.6) is 0 Å². The Morgan fingerprint density at radius 3 is 2.53 bits per heavy atom. The monoisotopic (exact) mass is 421 g/mol. The van der Waals surface area contributed by atoms with Crippen molar-refractivity contribution in [2.24, 2.45) is 5.92 Å². The average molecular weight is 422 g/mol. The first-order chi connectivity index (χ1) is 14.0. The van der Waals surface area contributed by atoms with Crippen molar-refractivity contribution < 1.29 is 18.7 Å². The molecular formula is C23H36FN3O3. The summed E-state index contributed by atoms with van der Waals surface area (Å²) in [5.74, 6) is -0.425. The molecule has 7 heteroatoms. The second-order valence-electron chi connectivity index (χ2n) is 9.37. The highest BCUT2D eigenvalue weighted by Gasteiger charge is 2.31. The van der Waals surface area contributed by atoms with E-state index in [1.165, 1.54) is 6.07 Å². The molecule has 6 nitrogen and oxygen atoms in total. The second kappa shape index (κ2) is 10.2. The van der Waals surface area contributed by atoms with Crippen LogP contribution >= 0.6 is 0 Å². The minimum absolute atomic E-state index is 0.0250. The Bertz CT molecular complexity index is 733. The zero-order valence-electron chi connectivity index (χ0n) is 19.1. The molecule has 0 saturated carbocycles. The Kier molecular flexibility index (Phi) is 8.24. The predicted molar refractivity (Wildman–Crippen MR) is 117 cm³/mol. The number of likely N-dealkylation sites (tertiary alicyclic amines) is 1. The van der Waals surface area contributed by atoms with Gasteiger partial charge in [0.15, 0.2) is 0 Å². The molecule has 1 aliphatic rings. The third kappa shape index (κ3) is 6.97. The van der Waals surface area contributed by atoms with Crippen molar-refractivity contribution in [2.75, 3.05) is 25.0 Å². The van der Waals surface area contributed by atoms with E-state index in [2.05, 4.69) is 10.2 Å². The largest absolute Gasteiger partial charge is 0.444 e. The van der Waals surface area contributed by atoms with E-state index in [0.717, 1.165) is 19.4 Å². The first kappa shape index (κ1) is 24.1. The maximum Gasteiger partial charge on any atom is 0.410 e. The molecule has 2 rings (SSSR count). The topological polar surface area (TPSA) is 61.9 Å². The molecule has 168 valence electrons. The van der Waals surface area contributed by atoms with E-state index >= 15 is 0 Å². The average Bonchev–Trinajstić information content (AvgIpc) is 2.65. The molecule has 2 amide bonds. The van der Waals surface area contributed by atoms with Gasteiger partial charge in [-0.15, -0.1) is 0 Å². The minimum atomic E-state index is -0.540. The molecule has 1 heterocycles. The van der Waals surface area contributed by atoms with E-state index in [9.17, 15) is 14.0 Å². The zero-order chi connectivity index (χ0) is 22.5. The molecule has 0 aliphatic carbocycles. The maximum atomic E-state index is 13.9. The highest BCUT2D eigenvalue weighted by Crippen LogP contribution is 2.23. The molecule has 30 heavy (non-hydrogen) atoms. The van der Waals surface area contributed by atoms with Gasteiger partial charge in [-0.05, 0) is 79.0 Å². The molecule has 1 aromatic rings. The van der Waals surface area contributed by atoms with Crippen LogP contribution in [-0.2, 0) is 9.53 Å². The Labute approximate surface area is 179 Å². The number of halogens is 1. The standard InChI is InChI=1S/C23H36FN3O3/c1-16(2)27(22(29)30-23(4,5)6)15-18-10-9-13-26(14-18)17(3)21(28)25-20-12-8-7-11-19(20)24/h7-8,11-12,16-18H,9-10,13-15H2,1-6H3,(H,25,28). The summed E-state index contributed by atoms with van der Waals surface area (Å²) in [7, 11) is 0. The summed E-state index contributed by atoms with van der Waals surface area (Å²) in [5.41, 5.74) is -0.346. The van der Waals surface area contributed by atoms with Crippen LogP contribution in [0.2, 0.25) is 0 Å². The van der Waals surface area contributed by atoms with Gasteiger partial charge in [0.05, 0.1) is 11.7 Å². The minimum Gasteiger partial charge on any atom is -0.444 e. The van der Waals surface area contributed by atoms with Crippen molar-refractivity contribution in [1.29, 1.82) is 0 Å². The fraction of sp³-hybridized carbons (Fsp3) is 0.652. The van der Waals surface area contributed by atoms with E-state index < -0.39 is 11.4 Å². The summed E-state index contributed by atoms with van der Waals surface area (Å²) < 4.78 is 19.4. The lowest BCUT2D eigenvalue weighted by Crippen LogP contribution is -2.51. The summed E-state index contributed by atoms with van der Waals surface area (Å²) in [5, 5.41) is 2.68. The summed E-state index contributed by atoms with van der Waals surface area (Å²) >= 11 is 0. The van der Waals surface area contributed by atoms with E-state index in [0.29, 0.717) is 13.1 Å².